The van der Waals surface area contributed by atoms with Crippen molar-refractivity contribution in [1.82, 2.24) is 4.90 Å². The van der Waals surface area contributed by atoms with E-state index in [1.165, 1.54) is 11.8 Å². The van der Waals surface area contributed by atoms with Gasteiger partial charge in [0.2, 0.25) is 0 Å². The third kappa shape index (κ3) is 5.01. The van der Waals surface area contributed by atoms with Gasteiger partial charge in [-0.2, -0.15) is 0 Å². The molecule has 3 rings (SSSR count). The van der Waals surface area contributed by atoms with Gasteiger partial charge in [0.05, 0.1) is 10.6 Å². The summed E-state index contributed by atoms with van der Waals surface area (Å²) in [5.41, 5.74) is 1.56. The number of hydrogen-bond acceptors (Lipinski definition) is 5. The Morgan fingerprint density at radius 1 is 1.21 bits per heavy atom. The van der Waals surface area contributed by atoms with E-state index in [1.807, 2.05) is 43.3 Å². The lowest BCUT2D eigenvalue weighted by Crippen LogP contribution is -2.29. The summed E-state index contributed by atoms with van der Waals surface area (Å²) in [4.78, 5) is 30.4. The topological polar surface area (TPSA) is 79.2 Å². The van der Waals surface area contributed by atoms with Crippen LogP contribution in [0.3, 0.4) is 0 Å². The summed E-state index contributed by atoms with van der Waals surface area (Å²) < 4.78 is 5.20. The van der Waals surface area contributed by atoms with Crippen molar-refractivity contribution in [3.63, 3.8) is 0 Å². The van der Waals surface area contributed by atoms with Crippen LogP contribution in [0.25, 0.3) is 6.08 Å². The molecule has 1 aliphatic heterocycles. The van der Waals surface area contributed by atoms with E-state index in [4.69, 9.17) is 9.84 Å². The second-order valence-corrected chi connectivity index (χ2v) is 7.06. The molecule has 144 valence electrons. The Balaban J connectivity index is 1.86. The first-order valence-electron chi connectivity index (χ1n) is 8.86. The fourth-order valence-electron chi connectivity index (χ4n) is 2.62. The molecule has 1 saturated heterocycles. The van der Waals surface area contributed by atoms with Crippen LogP contribution in [0.15, 0.2) is 64.5 Å². The van der Waals surface area contributed by atoms with Crippen molar-refractivity contribution in [2.24, 2.45) is 4.99 Å². The Hall–Kier alpha value is -3.06. The molecule has 2 aromatic rings. The van der Waals surface area contributed by atoms with Gasteiger partial charge in [0.15, 0.2) is 11.8 Å². The van der Waals surface area contributed by atoms with Crippen molar-refractivity contribution in [1.29, 1.82) is 0 Å². The molecule has 7 heteroatoms. The highest BCUT2D eigenvalue weighted by atomic mass is 32.2. The predicted octanol–water partition coefficient (Wildman–Crippen LogP) is 4.16. The maximum absolute atomic E-state index is 12.8. The molecule has 0 bridgehead atoms. The molecule has 2 aromatic carbocycles. The number of aliphatic imine (C=N–C) groups is 1. The predicted molar refractivity (Wildman–Crippen MR) is 111 cm³/mol. The third-order valence-electron chi connectivity index (χ3n) is 3.83. The monoisotopic (exact) mass is 396 g/mol. The minimum Gasteiger partial charge on any atom is -0.482 e. The quantitative estimate of drug-likeness (QED) is 0.711. The van der Waals surface area contributed by atoms with Crippen molar-refractivity contribution in [2.75, 3.05) is 13.2 Å². The van der Waals surface area contributed by atoms with Crippen LogP contribution >= 0.6 is 11.8 Å². The van der Waals surface area contributed by atoms with E-state index < -0.39 is 12.6 Å². The van der Waals surface area contributed by atoms with E-state index >= 15 is 0 Å². The summed E-state index contributed by atoms with van der Waals surface area (Å²) in [6.45, 7) is 2.20. The molecule has 28 heavy (non-hydrogen) atoms. The molecule has 1 amide bonds. The van der Waals surface area contributed by atoms with E-state index in [9.17, 15) is 9.59 Å². The zero-order valence-electron chi connectivity index (χ0n) is 15.4. The summed E-state index contributed by atoms with van der Waals surface area (Å²) in [6.07, 6.45) is 2.60. The number of amides is 1. The molecule has 0 unspecified atom stereocenters. The molecule has 0 radical (unpaired) electrons. The average Bonchev–Trinajstić information content (AvgIpc) is 2.97. The van der Waals surface area contributed by atoms with Crippen LogP contribution in [0.2, 0.25) is 0 Å². The van der Waals surface area contributed by atoms with Gasteiger partial charge in [0.1, 0.15) is 5.75 Å². The van der Waals surface area contributed by atoms with E-state index in [2.05, 4.69) is 4.99 Å². The lowest BCUT2D eigenvalue weighted by atomic mass is 10.2. The number of thioether (sulfide) groups is 1. The normalized spacial score (nSPS) is 16.8. The average molecular weight is 396 g/mol. The molecule has 0 spiro atoms. The van der Waals surface area contributed by atoms with Crippen LogP contribution < -0.4 is 4.74 Å². The Bertz CT molecular complexity index is 925. The molecular weight excluding hydrogens is 376 g/mol. The van der Waals surface area contributed by atoms with Crippen molar-refractivity contribution < 1.29 is 19.4 Å². The largest absolute Gasteiger partial charge is 0.482 e. The van der Waals surface area contributed by atoms with Crippen molar-refractivity contribution in [3.05, 3.63) is 65.1 Å². The molecule has 6 nitrogen and oxygen atoms in total. The van der Waals surface area contributed by atoms with Crippen LogP contribution in [0.5, 0.6) is 5.75 Å². The van der Waals surface area contributed by atoms with Crippen LogP contribution in [-0.2, 0) is 9.59 Å². The van der Waals surface area contributed by atoms with Gasteiger partial charge in [-0.25, -0.2) is 9.79 Å². The fourth-order valence-corrected chi connectivity index (χ4v) is 3.64. The van der Waals surface area contributed by atoms with E-state index in [-0.39, 0.29) is 5.91 Å². The van der Waals surface area contributed by atoms with Gasteiger partial charge in [0, 0.05) is 6.54 Å². The van der Waals surface area contributed by atoms with Crippen LogP contribution in [0, 0.1) is 0 Å². The standard InChI is InChI=1S/C21H20N2O4S/c1-2-11-23-20(26)18(28-21(23)22-16-8-4-3-5-9-16)13-15-7-6-10-17(12-15)27-14-19(24)25/h3-10,12-13H,2,11,14H2,1H3,(H,24,25)/b18-13-,22-21?. The third-order valence-corrected chi connectivity index (χ3v) is 4.84. The molecule has 0 atom stereocenters. The molecule has 0 saturated carbocycles. The van der Waals surface area contributed by atoms with Crippen LogP contribution in [0.4, 0.5) is 5.69 Å². The van der Waals surface area contributed by atoms with Gasteiger partial charge in [-0.05, 0) is 54.1 Å². The molecule has 1 N–H and O–H groups in total. The van der Waals surface area contributed by atoms with Gasteiger partial charge in [-0.1, -0.05) is 37.3 Å². The van der Waals surface area contributed by atoms with Gasteiger partial charge in [0.25, 0.3) is 5.91 Å². The maximum atomic E-state index is 12.8. The minimum atomic E-state index is -1.04. The zero-order chi connectivity index (χ0) is 19.9. The lowest BCUT2D eigenvalue weighted by Gasteiger charge is -2.13. The molecule has 1 heterocycles. The number of carbonyl (C=O) groups is 2. The summed E-state index contributed by atoms with van der Waals surface area (Å²) in [7, 11) is 0. The maximum Gasteiger partial charge on any atom is 0.341 e. The highest BCUT2D eigenvalue weighted by Gasteiger charge is 2.32. The van der Waals surface area contributed by atoms with Gasteiger partial charge < -0.3 is 9.84 Å². The summed E-state index contributed by atoms with van der Waals surface area (Å²) in [6, 6.07) is 16.5. The second-order valence-electron chi connectivity index (χ2n) is 6.05. The van der Waals surface area contributed by atoms with Gasteiger partial charge in [-0.15, -0.1) is 0 Å². The Morgan fingerprint density at radius 2 is 2.00 bits per heavy atom. The number of benzene rings is 2. The summed E-state index contributed by atoms with van der Waals surface area (Å²) in [5, 5.41) is 9.39. The molecule has 0 aromatic heterocycles. The Kier molecular flexibility index (Phi) is 6.49. The zero-order valence-corrected chi connectivity index (χ0v) is 16.2. The van der Waals surface area contributed by atoms with Crippen molar-refractivity contribution in [3.8, 4) is 5.75 Å². The highest BCUT2D eigenvalue weighted by Crippen LogP contribution is 2.34. The Labute approximate surface area is 167 Å². The first kappa shape index (κ1) is 19.7. The van der Waals surface area contributed by atoms with Crippen molar-refractivity contribution in [2.45, 2.75) is 13.3 Å². The first-order chi connectivity index (χ1) is 13.6. The highest BCUT2D eigenvalue weighted by molar-refractivity contribution is 8.18. The molecular formula is C21H20N2O4S. The van der Waals surface area contributed by atoms with Crippen molar-refractivity contribution >= 4 is 40.6 Å². The van der Waals surface area contributed by atoms with E-state index in [0.717, 1.165) is 17.7 Å². The number of amidine groups is 1. The fraction of sp³-hybridized carbons (Fsp3) is 0.190. The first-order valence-corrected chi connectivity index (χ1v) is 9.68. The van der Waals surface area contributed by atoms with Crippen LogP contribution in [0.1, 0.15) is 18.9 Å². The van der Waals surface area contributed by atoms with Gasteiger partial charge in [-0.3, -0.25) is 9.69 Å². The van der Waals surface area contributed by atoms with E-state index in [0.29, 0.717) is 22.4 Å². The molecule has 0 aliphatic carbocycles. The number of carboxylic acids is 1. The number of hydrogen-bond donors (Lipinski definition) is 1. The number of rotatable bonds is 7. The lowest BCUT2D eigenvalue weighted by molar-refractivity contribution is -0.139. The van der Waals surface area contributed by atoms with E-state index in [1.54, 1.807) is 29.2 Å². The number of nitrogens with zero attached hydrogens (tertiary/aromatic N) is 2. The number of ether oxygens (including phenoxy) is 1. The minimum absolute atomic E-state index is 0.0848. The number of para-hydroxylation sites is 1. The summed E-state index contributed by atoms with van der Waals surface area (Å²) >= 11 is 1.33. The molecule has 1 aliphatic rings. The summed E-state index contributed by atoms with van der Waals surface area (Å²) in [5.74, 6) is -0.684. The number of carbonyl (C=O) groups excluding carboxylic acids is 1. The smallest absolute Gasteiger partial charge is 0.341 e. The van der Waals surface area contributed by atoms with Gasteiger partial charge >= 0.3 is 5.97 Å². The Morgan fingerprint density at radius 3 is 2.71 bits per heavy atom. The number of carboxylic acid groups (broad SMARTS) is 1. The SMILES string of the molecule is CCCN1C(=O)/C(=C/c2cccc(OCC(=O)O)c2)SC1=Nc1ccccc1. The second kappa shape index (κ2) is 9.23. The molecule has 1 fully saturated rings. The van der Waals surface area contributed by atoms with Crippen LogP contribution in [-0.4, -0.2) is 40.2 Å². The number of aliphatic carboxylic acids is 1.